The van der Waals surface area contributed by atoms with Crippen molar-refractivity contribution in [3.63, 3.8) is 0 Å². The van der Waals surface area contributed by atoms with Gasteiger partial charge < -0.3 is 5.32 Å². The van der Waals surface area contributed by atoms with Crippen LogP contribution in [0.3, 0.4) is 0 Å². The van der Waals surface area contributed by atoms with E-state index < -0.39 is 0 Å². The first-order chi connectivity index (χ1) is 4.79. The summed E-state index contributed by atoms with van der Waals surface area (Å²) in [6.45, 7) is 1.61. The molecule has 0 bridgehead atoms. The Hall–Kier alpha value is -0.530. The summed E-state index contributed by atoms with van der Waals surface area (Å²) in [7, 11) is 0. The highest BCUT2D eigenvalue weighted by molar-refractivity contribution is 5.73. The van der Waals surface area contributed by atoms with Crippen LogP contribution in [0.4, 0.5) is 0 Å². The summed E-state index contributed by atoms with van der Waals surface area (Å²) in [4.78, 5) is 10.6. The molecular weight excluding hydrogens is 126 g/mol. The summed E-state index contributed by atoms with van der Waals surface area (Å²) in [6.07, 6.45) is 4.07. The molecule has 2 atom stereocenters. The maximum absolute atomic E-state index is 10.6. The topological polar surface area (TPSA) is 29.1 Å². The third-order valence-electron chi connectivity index (χ3n) is 2.78. The van der Waals surface area contributed by atoms with Crippen LogP contribution in [-0.2, 0) is 4.79 Å². The number of fused-ring (bicyclic) bond motifs is 1. The van der Waals surface area contributed by atoms with E-state index in [2.05, 4.69) is 5.32 Å². The van der Waals surface area contributed by atoms with E-state index in [9.17, 15) is 4.79 Å². The molecule has 1 amide bonds. The molecule has 2 heteroatoms. The molecule has 1 N–H and O–H groups in total. The smallest absolute Gasteiger partial charge is 0.217 e. The molecule has 10 heavy (non-hydrogen) atoms. The third kappa shape index (κ3) is 0.825. The van der Waals surface area contributed by atoms with Crippen molar-refractivity contribution in [3.05, 3.63) is 0 Å². The fourth-order valence-electron chi connectivity index (χ4n) is 2.27. The zero-order valence-corrected chi connectivity index (χ0v) is 6.26. The first kappa shape index (κ1) is 6.20. The van der Waals surface area contributed by atoms with Gasteiger partial charge in [0, 0.05) is 13.0 Å². The van der Waals surface area contributed by atoms with Crippen LogP contribution in [0.2, 0.25) is 0 Å². The van der Waals surface area contributed by atoms with Crippen molar-refractivity contribution < 1.29 is 4.79 Å². The van der Waals surface area contributed by atoms with Crippen molar-refractivity contribution in [1.82, 2.24) is 5.32 Å². The summed E-state index contributed by atoms with van der Waals surface area (Å²) in [5.41, 5.74) is 0. The Kier molecular flexibility index (Phi) is 1.22. The highest BCUT2D eigenvalue weighted by atomic mass is 16.1. The van der Waals surface area contributed by atoms with Gasteiger partial charge in [-0.05, 0) is 24.7 Å². The lowest BCUT2D eigenvalue weighted by Gasteiger charge is -2.02. The average molecular weight is 139 g/mol. The molecule has 56 valence electrons. The van der Waals surface area contributed by atoms with Crippen LogP contribution < -0.4 is 5.32 Å². The Morgan fingerprint density at radius 3 is 2.50 bits per heavy atom. The summed E-state index contributed by atoms with van der Waals surface area (Å²) < 4.78 is 0. The van der Waals surface area contributed by atoms with Crippen LogP contribution in [0, 0.1) is 11.8 Å². The Morgan fingerprint density at radius 1 is 1.40 bits per heavy atom. The zero-order chi connectivity index (χ0) is 7.14. The SMILES string of the molecule is CC(=O)NC1C2CCCC21. The second kappa shape index (κ2) is 1.97. The van der Waals surface area contributed by atoms with Gasteiger partial charge in [-0.25, -0.2) is 0 Å². The molecule has 2 fully saturated rings. The van der Waals surface area contributed by atoms with Crippen molar-refractivity contribution in [2.24, 2.45) is 11.8 Å². The average Bonchev–Trinajstić information content (AvgIpc) is 2.40. The summed E-state index contributed by atoms with van der Waals surface area (Å²) in [6, 6.07) is 0.561. The maximum atomic E-state index is 10.6. The van der Waals surface area contributed by atoms with E-state index in [0.29, 0.717) is 6.04 Å². The Bertz CT molecular complexity index is 157. The van der Waals surface area contributed by atoms with Gasteiger partial charge in [0.15, 0.2) is 0 Å². The summed E-state index contributed by atoms with van der Waals surface area (Å²) in [5, 5.41) is 2.98. The molecule has 2 saturated carbocycles. The molecule has 0 aromatic heterocycles. The summed E-state index contributed by atoms with van der Waals surface area (Å²) >= 11 is 0. The molecule has 0 aromatic carbocycles. The minimum absolute atomic E-state index is 0.138. The van der Waals surface area contributed by atoms with Gasteiger partial charge >= 0.3 is 0 Å². The second-order valence-corrected chi connectivity index (χ2v) is 3.48. The number of amides is 1. The third-order valence-corrected chi connectivity index (χ3v) is 2.78. The van der Waals surface area contributed by atoms with Crippen LogP contribution in [-0.4, -0.2) is 11.9 Å². The maximum Gasteiger partial charge on any atom is 0.217 e. The largest absolute Gasteiger partial charge is 0.353 e. The predicted molar refractivity (Wildman–Crippen MR) is 38.4 cm³/mol. The highest BCUT2D eigenvalue weighted by Gasteiger charge is 2.52. The summed E-state index contributed by atoms with van der Waals surface area (Å²) in [5.74, 6) is 1.84. The van der Waals surface area contributed by atoms with E-state index in [1.165, 1.54) is 19.3 Å². The number of carbonyl (C=O) groups excluding carboxylic acids is 1. The van der Waals surface area contributed by atoms with Gasteiger partial charge in [-0.3, -0.25) is 4.79 Å². The second-order valence-electron chi connectivity index (χ2n) is 3.48. The first-order valence-electron chi connectivity index (χ1n) is 4.06. The molecule has 2 unspecified atom stereocenters. The van der Waals surface area contributed by atoms with Crippen LogP contribution in [0.25, 0.3) is 0 Å². The first-order valence-corrected chi connectivity index (χ1v) is 4.06. The number of hydrogen-bond donors (Lipinski definition) is 1. The predicted octanol–water partition coefficient (Wildman–Crippen LogP) is 0.921. The fourth-order valence-corrected chi connectivity index (χ4v) is 2.27. The Morgan fingerprint density at radius 2 is 2.00 bits per heavy atom. The van der Waals surface area contributed by atoms with Crippen molar-refractivity contribution in [2.45, 2.75) is 32.2 Å². The van der Waals surface area contributed by atoms with Gasteiger partial charge in [-0.15, -0.1) is 0 Å². The fraction of sp³-hybridized carbons (Fsp3) is 0.875. The van der Waals surface area contributed by atoms with Crippen molar-refractivity contribution >= 4 is 5.91 Å². The van der Waals surface area contributed by atoms with E-state index in [1.807, 2.05) is 0 Å². The molecule has 0 spiro atoms. The molecule has 2 rings (SSSR count). The lowest BCUT2D eigenvalue weighted by molar-refractivity contribution is -0.119. The molecule has 0 radical (unpaired) electrons. The lowest BCUT2D eigenvalue weighted by atomic mass is 10.2. The van der Waals surface area contributed by atoms with Gasteiger partial charge in [0.1, 0.15) is 0 Å². The van der Waals surface area contributed by atoms with E-state index in [-0.39, 0.29) is 5.91 Å². The molecule has 0 heterocycles. The zero-order valence-electron chi connectivity index (χ0n) is 6.26. The Labute approximate surface area is 61.0 Å². The highest BCUT2D eigenvalue weighted by Crippen LogP contribution is 2.51. The van der Waals surface area contributed by atoms with Gasteiger partial charge in [0.25, 0.3) is 0 Å². The molecule has 2 aliphatic rings. The van der Waals surface area contributed by atoms with E-state index in [0.717, 1.165) is 11.8 Å². The number of hydrogen-bond acceptors (Lipinski definition) is 1. The molecule has 0 aromatic rings. The van der Waals surface area contributed by atoms with Gasteiger partial charge in [0.05, 0.1) is 0 Å². The van der Waals surface area contributed by atoms with Gasteiger partial charge in [-0.2, -0.15) is 0 Å². The molecule has 2 nitrogen and oxygen atoms in total. The van der Waals surface area contributed by atoms with Crippen LogP contribution >= 0.6 is 0 Å². The molecular formula is C8H13NO. The number of rotatable bonds is 1. The standard InChI is InChI=1S/C8H13NO/c1-5(10)9-8-6-3-2-4-7(6)8/h6-8H,2-4H2,1H3,(H,9,10). The lowest BCUT2D eigenvalue weighted by Crippen LogP contribution is -2.25. The van der Waals surface area contributed by atoms with Crippen molar-refractivity contribution in [1.29, 1.82) is 0 Å². The van der Waals surface area contributed by atoms with E-state index in [1.54, 1.807) is 6.92 Å². The van der Waals surface area contributed by atoms with E-state index >= 15 is 0 Å². The molecule has 0 aliphatic heterocycles. The molecule has 2 aliphatic carbocycles. The van der Waals surface area contributed by atoms with Gasteiger partial charge in [0.2, 0.25) is 5.91 Å². The number of carbonyl (C=O) groups is 1. The molecule has 0 saturated heterocycles. The minimum atomic E-state index is 0.138. The minimum Gasteiger partial charge on any atom is -0.353 e. The van der Waals surface area contributed by atoms with Crippen LogP contribution in [0.1, 0.15) is 26.2 Å². The normalized spacial score (nSPS) is 42.7. The number of nitrogens with one attached hydrogen (secondary N) is 1. The van der Waals surface area contributed by atoms with Gasteiger partial charge in [-0.1, -0.05) is 6.42 Å². The van der Waals surface area contributed by atoms with Crippen molar-refractivity contribution in [2.75, 3.05) is 0 Å². The van der Waals surface area contributed by atoms with Crippen LogP contribution in [0.5, 0.6) is 0 Å². The monoisotopic (exact) mass is 139 g/mol. The Balaban J connectivity index is 1.84. The quantitative estimate of drug-likeness (QED) is 0.575. The van der Waals surface area contributed by atoms with Crippen LogP contribution in [0.15, 0.2) is 0 Å². The van der Waals surface area contributed by atoms with Crippen molar-refractivity contribution in [3.8, 4) is 0 Å². The van der Waals surface area contributed by atoms with E-state index in [4.69, 9.17) is 0 Å².